The molecule has 0 heterocycles. The minimum Gasteiger partial charge on any atom is -0.394 e. The normalized spacial score (nSPS) is 12.7. The predicted octanol–water partition coefficient (Wildman–Crippen LogP) is -0.147. The second-order valence-corrected chi connectivity index (χ2v) is 2.17. The molecule has 0 spiro atoms. The van der Waals surface area contributed by atoms with Crippen LogP contribution >= 0.6 is 0 Å². The molecule has 0 aromatic carbocycles. The van der Waals surface area contributed by atoms with Crippen LogP contribution in [0.2, 0.25) is 0 Å². The number of hydrogen-bond acceptors (Lipinski definition) is 3. The van der Waals surface area contributed by atoms with Crippen LogP contribution in [0.25, 0.3) is 0 Å². The zero-order chi connectivity index (χ0) is 7.98. The van der Waals surface area contributed by atoms with Gasteiger partial charge in [-0.3, -0.25) is 0 Å². The third kappa shape index (κ3) is 4.35. The lowest BCUT2D eigenvalue weighted by molar-refractivity contribution is 0.0964. The first-order valence-corrected chi connectivity index (χ1v) is 3.41. The van der Waals surface area contributed by atoms with E-state index in [4.69, 9.17) is 10.2 Å². The lowest BCUT2D eigenvalue weighted by atomic mass is 10.3. The summed E-state index contributed by atoms with van der Waals surface area (Å²) in [6.07, 6.45) is 0.168. The molecule has 0 amide bonds. The van der Waals surface area contributed by atoms with Gasteiger partial charge in [0.15, 0.2) is 0 Å². The molecule has 0 radical (unpaired) electrons. The highest BCUT2D eigenvalue weighted by molar-refractivity contribution is 4.89. The summed E-state index contributed by atoms with van der Waals surface area (Å²) in [4.78, 5) is 0. The van der Waals surface area contributed by atoms with Gasteiger partial charge >= 0.3 is 0 Å². The summed E-state index contributed by atoms with van der Waals surface area (Å²) in [7, 11) is 0. The Morgan fingerprint density at radius 1 is 1.70 bits per heavy atom. The largest absolute Gasteiger partial charge is 0.394 e. The van der Waals surface area contributed by atoms with Gasteiger partial charge in [-0.1, -0.05) is 13.5 Å². The summed E-state index contributed by atoms with van der Waals surface area (Å²) in [5, 5.41) is 20.1. The summed E-state index contributed by atoms with van der Waals surface area (Å²) in [6, 6.07) is 0. The molecule has 60 valence electrons. The highest BCUT2D eigenvalue weighted by Gasteiger charge is 1.99. The van der Waals surface area contributed by atoms with Crippen LogP contribution in [0, 0.1) is 0 Å². The summed E-state index contributed by atoms with van der Waals surface area (Å²) in [6.45, 7) is 5.82. The summed E-state index contributed by atoms with van der Waals surface area (Å²) in [5.74, 6) is 0. The molecule has 1 unspecified atom stereocenters. The number of aliphatic hydroxyl groups excluding tert-OH is 2. The van der Waals surface area contributed by atoms with Crippen molar-refractivity contribution in [2.24, 2.45) is 0 Å². The van der Waals surface area contributed by atoms with Gasteiger partial charge in [0, 0.05) is 12.2 Å². The van der Waals surface area contributed by atoms with E-state index in [-0.39, 0.29) is 6.61 Å². The first-order valence-electron chi connectivity index (χ1n) is 3.41. The predicted molar refractivity (Wildman–Crippen MR) is 40.5 cm³/mol. The fraction of sp³-hybridized carbons (Fsp3) is 0.714. The summed E-state index contributed by atoms with van der Waals surface area (Å²) < 4.78 is 0. The molecular weight excluding hydrogens is 130 g/mol. The van der Waals surface area contributed by atoms with Gasteiger partial charge in [0.25, 0.3) is 0 Å². The second kappa shape index (κ2) is 5.26. The third-order valence-corrected chi connectivity index (χ3v) is 1.23. The van der Waals surface area contributed by atoms with Gasteiger partial charge < -0.3 is 15.5 Å². The lowest BCUT2D eigenvalue weighted by Crippen LogP contribution is -2.28. The van der Waals surface area contributed by atoms with E-state index in [1.807, 2.05) is 6.92 Å². The van der Waals surface area contributed by atoms with E-state index in [1.54, 1.807) is 0 Å². The molecular formula is C7H15NO2. The number of hydrogen-bond donors (Lipinski definition) is 3. The maximum atomic E-state index is 8.85. The van der Waals surface area contributed by atoms with E-state index >= 15 is 0 Å². The van der Waals surface area contributed by atoms with Crippen molar-refractivity contribution in [2.45, 2.75) is 19.4 Å². The van der Waals surface area contributed by atoms with Crippen molar-refractivity contribution in [3.63, 3.8) is 0 Å². The van der Waals surface area contributed by atoms with Gasteiger partial charge in [-0.15, -0.1) is 0 Å². The molecule has 10 heavy (non-hydrogen) atoms. The summed E-state index contributed by atoms with van der Waals surface area (Å²) in [5.41, 5.74) is 0.882. The van der Waals surface area contributed by atoms with Crippen LogP contribution in [0.1, 0.15) is 13.3 Å². The monoisotopic (exact) mass is 145 g/mol. The van der Waals surface area contributed by atoms with Gasteiger partial charge in [0.05, 0.1) is 12.7 Å². The molecule has 0 aromatic rings. The number of aliphatic hydroxyl groups is 2. The molecule has 0 aliphatic heterocycles. The van der Waals surface area contributed by atoms with Crippen molar-refractivity contribution in [1.82, 2.24) is 5.32 Å². The molecule has 0 aliphatic carbocycles. The number of nitrogens with one attached hydrogen (secondary N) is 1. The maximum Gasteiger partial charge on any atom is 0.0942 e. The molecule has 0 aliphatic rings. The first kappa shape index (κ1) is 9.46. The molecule has 1 atom stereocenters. The quantitative estimate of drug-likeness (QED) is 0.504. The van der Waals surface area contributed by atoms with Crippen LogP contribution in [0.4, 0.5) is 0 Å². The Morgan fingerprint density at radius 2 is 2.30 bits per heavy atom. The second-order valence-electron chi connectivity index (χ2n) is 2.17. The fourth-order valence-electron chi connectivity index (χ4n) is 0.452. The fourth-order valence-corrected chi connectivity index (χ4v) is 0.452. The molecule has 0 saturated heterocycles. The number of allylic oxidation sites excluding steroid dienone is 1. The Kier molecular flexibility index (Phi) is 4.98. The van der Waals surface area contributed by atoms with Crippen molar-refractivity contribution >= 4 is 0 Å². The third-order valence-electron chi connectivity index (χ3n) is 1.23. The van der Waals surface area contributed by atoms with Gasteiger partial charge in [-0.05, 0) is 6.42 Å². The van der Waals surface area contributed by atoms with Crippen LogP contribution in [0.15, 0.2) is 12.3 Å². The van der Waals surface area contributed by atoms with Crippen molar-refractivity contribution in [3.05, 3.63) is 12.3 Å². The van der Waals surface area contributed by atoms with E-state index in [0.717, 1.165) is 12.1 Å². The SMILES string of the molecule is C=C(CC)NCC(O)CO. The van der Waals surface area contributed by atoms with E-state index in [1.165, 1.54) is 0 Å². The highest BCUT2D eigenvalue weighted by atomic mass is 16.3. The van der Waals surface area contributed by atoms with Crippen LogP contribution in [-0.2, 0) is 0 Å². The average molecular weight is 145 g/mol. The molecule has 0 fully saturated rings. The molecule has 0 rings (SSSR count). The Labute approximate surface area is 61.4 Å². The first-order chi connectivity index (χ1) is 4.70. The number of rotatable bonds is 5. The van der Waals surface area contributed by atoms with Gasteiger partial charge in [-0.25, -0.2) is 0 Å². The molecule has 0 saturated carbocycles. The van der Waals surface area contributed by atoms with Gasteiger partial charge in [0.1, 0.15) is 0 Å². The Balaban J connectivity index is 3.26. The topological polar surface area (TPSA) is 52.5 Å². The van der Waals surface area contributed by atoms with Crippen LogP contribution in [0.5, 0.6) is 0 Å². The van der Waals surface area contributed by atoms with Crippen LogP contribution in [-0.4, -0.2) is 29.5 Å². The molecule has 3 heteroatoms. The highest BCUT2D eigenvalue weighted by Crippen LogP contribution is 1.89. The Hall–Kier alpha value is -0.540. The van der Waals surface area contributed by atoms with Gasteiger partial charge in [-0.2, -0.15) is 0 Å². The van der Waals surface area contributed by atoms with E-state index in [2.05, 4.69) is 11.9 Å². The summed E-state index contributed by atoms with van der Waals surface area (Å²) >= 11 is 0. The Morgan fingerprint density at radius 3 is 2.70 bits per heavy atom. The average Bonchev–Trinajstić information content (AvgIpc) is 1.99. The maximum absolute atomic E-state index is 8.85. The standard InChI is InChI=1S/C7H15NO2/c1-3-6(2)8-4-7(10)5-9/h7-10H,2-5H2,1H3. The van der Waals surface area contributed by atoms with Gasteiger partial charge in [0.2, 0.25) is 0 Å². The van der Waals surface area contributed by atoms with Crippen molar-refractivity contribution in [3.8, 4) is 0 Å². The molecule has 0 bridgehead atoms. The zero-order valence-electron chi connectivity index (χ0n) is 6.30. The van der Waals surface area contributed by atoms with E-state index < -0.39 is 6.10 Å². The smallest absolute Gasteiger partial charge is 0.0942 e. The molecule has 0 aromatic heterocycles. The van der Waals surface area contributed by atoms with Crippen molar-refractivity contribution in [1.29, 1.82) is 0 Å². The van der Waals surface area contributed by atoms with Crippen molar-refractivity contribution < 1.29 is 10.2 Å². The van der Waals surface area contributed by atoms with Crippen molar-refractivity contribution in [2.75, 3.05) is 13.2 Å². The van der Waals surface area contributed by atoms with Crippen LogP contribution in [0.3, 0.4) is 0 Å². The van der Waals surface area contributed by atoms with E-state index in [0.29, 0.717) is 6.54 Å². The Bertz CT molecular complexity index is 104. The van der Waals surface area contributed by atoms with E-state index in [9.17, 15) is 0 Å². The lowest BCUT2D eigenvalue weighted by Gasteiger charge is -2.10. The zero-order valence-corrected chi connectivity index (χ0v) is 6.30. The minimum absolute atomic E-state index is 0.204. The molecule has 3 N–H and O–H groups in total. The van der Waals surface area contributed by atoms with Crippen LogP contribution < -0.4 is 5.32 Å². The molecule has 3 nitrogen and oxygen atoms in total. The minimum atomic E-state index is -0.678.